The van der Waals surface area contributed by atoms with Crippen molar-refractivity contribution in [2.45, 2.75) is 32.5 Å². The van der Waals surface area contributed by atoms with Crippen LogP contribution >= 0.6 is 15.9 Å². The second-order valence-electron chi connectivity index (χ2n) is 5.70. The molecule has 2 aromatic carbocycles. The lowest BCUT2D eigenvalue weighted by molar-refractivity contribution is 0.210. The number of rotatable bonds is 5. The first-order valence-corrected chi connectivity index (χ1v) is 8.04. The van der Waals surface area contributed by atoms with E-state index in [1.165, 1.54) is 16.7 Å². The fraction of sp³-hybridized carbons (Fsp3) is 0.333. The molecule has 0 fully saturated rings. The largest absolute Gasteiger partial charge is 0.326 e. The molecule has 0 amide bonds. The molecule has 0 heterocycles. The number of hydrogen-bond donors (Lipinski definition) is 1. The van der Waals surface area contributed by atoms with E-state index in [1.54, 1.807) is 0 Å². The van der Waals surface area contributed by atoms with Crippen LogP contribution in [0.4, 0.5) is 0 Å². The van der Waals surface area contributed by atoms with Gasteiger partial charge in [-0.15, -0.1) is 0 Å². The molecule has 0 radical (unpaired) electrons. The first-order valence-electron chi connectivity index (χ1n) is 7.25. The maximum atomic E-state index is 6.25. The molecule has 2 unspecified atom stereocenters. The molecule has 0 bridgehead atoms. The number of aryl methyl sites for hydroxylation is 1. The molecule has 2 atom stereocenters. The smallest absolute Gasteiger partial charge is 0.0496 e. The summed E-state index contributed by atoms with van der Waals surface area (Å²) in [6.45, 7) is 5.12. The van der Waals surface area contributed by atoms with Crippen LogP contribution in [0.25, 0.3) is 0 Å². The predicted octanol–water partition coefficient (Wildman–Crippen LogP) is 4.28. The molecule has 0 spiro atoms. The van der Waals surface area contributed by atoms with Crippen LogP contribution in [0.5, 0.6) is 0 Å². The van der Waals surface area contributed by atoms with Gasteiger partial charge in [-0.3, -0.25) is 4.90 Å². The molecule has 0 aliphatic heterocycles. The first-order chi connectivity index (χ1) is 9.99. The summed E-state index contributed by atoms with van der Waals surface area (Å²) in [7, 11) is 2.14. The highest BCUT2D eigenvalue weighted by Crippen LogP contribution is 2.26. The highest BCUT2D eigenvalue weighted by atomic mass is 79.9. The molecule has 21 heavy (non-hydrogen) atoms. The third-order valence-corrected chi connectivity index (χ3v) is 4.39. The lowest BCUT2D eigenvalue weighted by Gasteiger charge is -2.32. The highest BCUT2D eigenvalue weighted by Gasteiger charge is 2.21. The van der Waals surface area contributed by atoms with Crippen molar-refractivity contribution in [3.05, 3.63) is 69.7 Å². The van der Waals surface area contributed by atoms with Gasteiger partial charge in [0, 0.05) is 23.1 Å². The van der Waals surface area contributed by atoms with E-state index in [2.05, 4.69) is 90.3 Å². The first kappa shape index (κ1) is 16.2. The summed E-state index contributed by atoms with van der Waals surface area (Å²) in [6, 6.07) is 17.2. The van der Waals surface area contributed by atoms with E-state index in [0.29, 0.717) is 0 Å². The molecule has 2 nitrogen and oxygen atoms in total. The Bertz CT molecular complexity index is 578. The lowest BCUT2D eigenvalue weighted by atomic mass is 9.98. The molecule has 0 saturated heterocycles. The quantitative estimate of drug-likeness (QED) is 0.875. The van der Waals surface area contributed by atoms with E-state index in [-0.39, 0.29) is 12.1 Å². The van der Waals surface area contributed by atoms with Crippen LogP contribution in [0.2, 0.25) is 0 Å². The molecular weight excluding hydrogens is 324 g/mol. The van der Waals surface area contributed by atoms with Crippen LogP contribution in [0.3, 0.4) is 0 Å². The number of nitrogens with zero attached hydrogens (tertiary/aromatic N) is 1. The van der Waals surface area contributed by atoms with Gasteiger partial charge in [0.25, 0.3) is 0 Å². The van der Waals surface area contributed by atoms with Gasteiger partial charge in [0.1, 0.15) is 0 Å². The zero-order valence-corrected chi connectivity index (χ0v) is 14.5. The number of benzene rings is 2. The van der Waals surface area contributed by atoms with E-state index in [9.17, 15) is 0 Å². The van der Waals surface area contributed by atoms with Crippen molar-refractivity contribution in [2.75, 3.05) is 7.05 Å². The Kier molecular flexibility index (Phi) is 5.57. The van der Waals surface area contributed by atoms with E-state index < -0.39 is 0 Å². The standard InChI is InChI=1S/C18H23BrN2/c1-13-6-4-5-7-16(13)12-21(3)18(14(2)20)15-8-10-17(19)11-9-15/h4-11,14,18H,12,20H2,1-3H3. The summed E-state index contributed by atoms with van der Waals surface area (Å²) in [5.74, 6) is 0. The molecule has 0 aromatic heterocycles. The summed E-state index contributed by atoms with van der Waals surface area (Å²) in [4.78, 5) is 2.33. The minimum absolute atomic E-state index is 0.0696. The maximum Gasteiger partial charge on any atom is 0.0496 e. The van der Waals surface area contributed by atoms with E-state index in [1.807, 2.05) is 0 Å². The molecule has 2 rings (SSSR count). The minimum Gasteiger partial charge on any atom is -0.326 e. The summed E-state index contributed by atoms with van der Waals surface area (Å²) in [6.07, 6.45) is 0. The normalized spacial score (nSPS) is 14.2. The molecule has 3 heteroatoms. The van der Waals surface area contributed by atoms with E-state index in [4.69, 9.17) is 5.73 Å². The van der Waals surface area contributed by atoms with E-state index >= 15 is 0 Å². The van der Waals surface area contributed by atoms with Crippen LogP contribution in [0, 0.1) is 6.92 Å². The van der Waals surface area contributed by atoms with Gasteiger partial charge >= 0.3 is 0 Å². The van der Waals surface area contributed by atoms with Crippen molar-refractivity contribution in [3.8, 4) is 0 Å². The van der Waals surface area contributed by atoms with Gasteiger partial charge in [0.05, 0.1) is 0 Å². The summed E-state index contributed by atoms with van der Waals surface area (Å²) >= 11 is 3.49. The lowest BCUT2D eigenvalue weighted by Crippen LogP contribution is -2.37. The molecule has 112 valence electrons. The Morgan fingerprint density at radius 3 is 2.29 bits per heavy atom. The topological polar surface area (TPSA) is 29.3 Å². The molecule has 0 saturated carbocycles. The highest BCUT2D eigenvalue weighted by molar-refractivity contribution is 9.10. The zero-order valence-electron chi connectivity index (χ0n) is 12.9. The second kappa shape index (κ2) is 7.21. The third kappa shape index (κ3) is 4.16. The Hall–Kier alpha value is -1.16. The molecule has 2 aromatic rings. The van der Waals surface area contributed by atoms with Crippen LogP contribution in [-0.2, 0) is 6.54 Å². The van der Waals surface area contributed by atoms with Gasteiger partial charge in [-0.25, -0.2) is 0 Å². The van der Waals surface area contributed by atoms with Crippen molar-refractivity contribution in [1.82, 2.24) is 4.90 Å². The Balaban J connectivity index is 2.22. The minimum atomic E-state index is 0.0696. The molecule has 0 aliphatic carbocycles. The average Bonchev–Trinajstić information content (AvgIpc) is 2.43. The summed E-state index contributed by atoms with van der Waals surface area (Å²) < 4.78 is 1.09. The Labute approximate surface area is 136 Å². The van der Waals surface area contributed by atoms with E-state index in [0.717, 1.165) is 11.0 Å². The van der Waals surface area contributed by atoms with Gasteiger partial charge in [0.15, 0.2) is 0 Å². The van der Waals surface area contributed by atoms with Gasteiger partial charge < -0.3 is 5.73 Å². The molecule has 2 N–H and O–H groups in total. The molecular formula is C18H23BrN2. The Morgan fingerprint density at radius 2 is 1.71 bits per heavy atom. The van der Waals surface area contributed by atoms with Gasteiger partial charge in [-0.2, -0.15) is 0 Å². The Morgan fingerprint density at radius 1 is 1.10 bits per heavy atom. The fourth-order valence-electron chi connectivity index (χ4n) is 2.77. The van der Waals surface area contributed by atoms with Crippen LogP contribution in [0.1, 0.15) is 29.7 Å². The summed E-state index contributed by atoms with van der Waals surface area (Å²) in [5, 5.41) is 0. The molecule has 0 aliphatic rings. The summed E-state index contributed by atoms with van der Waals surface area (Å²) in [5.41, 5.74) is 10.2. The maximum absolute atomic E-state index is 6.25. The monoisotopic (exact) mass is 346 g/mol. The van der Waals surface area contributed by atoms with Crippen LogP contribution < -0.4 is 5.73 Å². The van der Waals surface area contributed by atoms with Gasteiger partial charge in [0.2, 0.25) is 0 Å². The van der Waals surface area contributed by atoms with Crippen molar-refractivity contribution < 1.29 is 0 Å². The predicted molar refractivity (Wildman–Crippen MR) is 93.2 cm³/mol. The van der Waals surface area contributed by atoms with Crippen LogP contribution in [-0.4, -0.2) is 18.0 Å². The second-order valence-corrected chi connectivity index (χ2v) is 6.61. The zero-order chi connectivity index (χ0) is 15.4. The fourth-order valence-corrected chi connectivity index (χ4v) is 3.04. The number of hydrogen-bond acceptors (Lipinski definition) is 2. The number of nitrogens with two attached hydrogens (primary N) is 1. The SMILES string of the molecule is Cc1ccccc1CN(C)C(c1ccc(Br)cc1)C(C)N. The van der Waals surface area contributed by atoms with Gasteiger partial charge in [-0.1, -0.05) is 52.3 Å². The van der Waals surface area contributed by atoms with Gasteiger partial charge in [-0.05, 0) is 49.7 Å². The third-order valence-electron chi connectivity index (χ3n) is 3.87. The van der Waals surface area contributed by atoms with Crippen molar-refractivity contribution in [3.63, 3.8) is 0 Å². The van der Waals surface area contributed by atoms with Crippen molar-refractivity contribution >= 4 is 15.9 Å². The number of likely N-dealkylation sites (N-methyl/N-ethyl adjacent to an activating group) is 1. The number of halogens is 1. The van der Waals surface area contributed by atoms with Crippen molar-refractivity contribution in [1.29, 1.82) is 0 Å². The van der Waals surface area contributed by atoms with Crippen LogP contribution in [0.15, 0.2) is 53.0 Å². The van der Waals surface area contributed by atoms with Crippen molar-refractivity contribution in [2.24, 2.45) is 5.73 Å². The average molecular weight is 347 g/mol.